The molecule has 0 radical (unpaired) electrons. The molecule has 0 aromatic heterocycles. The Kier molecular flexibility index (Phi) is 4.66. The monoisotopic (exact) mass is 386 g/mol. The summed E-state index contributed by atoms with van der Waals surface area (Å²) in [7, 11) is 0. The molecule has 3 aliphatic rings. The quantitative estimate of drug-likeness (QED) is 0.670. The van der Waals surface area contributed by atoms with E-state index in [1.54, 1.807) is 24.3 Å². The molecule has 1 aromatic rings. The maximum absolute atomic E-state index is 13.1. The molecule has 1 saturated heterocycles. The lowest BCUT2D eigenvalue weighted by Crippen LogP contribution is -2.49. The maximum atomic E-state index is 13.1. The van der Waals surface area contributed by atoms with Crippen molar-refractivity contribution >= 4 is 23.9 Å². The van der Waals surface area contributed by atoms with Gasteiger partial charge in [0.05, 0.1) is 6.61 Å². The van der Waals surface area contributed by atoms with Crippen molar-refractivity contribution in [2.45, 2.75) is 43.7 Å². The number of para-hydroxylation sites is 1. The largest absolute Gasteiger partial charge is 0.493 e. The minimum Gasteiger partial charge on any atom is -0.493 e. The third-order valence-electron chi connectivity index (χ3n) is 5.50. The molecule has 28 heavy (non-hydrogen) atoms. The van der Waals surface area contributed by atoms with Crippen LogP contribution >= 0.6 is 0 Å². The summed E-state index contributed by atoms with van der Waals surface area (Å²) in [6, 6.07) is 5.81. The lowest BCUT2D eigenvalue weighted by atomic mass is 9.84. The van der Waals surface area contributed by atoms with E-state index in [2.05, 4.69) is 16.0 Å². The minimum absolute atomic E-state index is 0.0616. The Hall–Kier alpha value is -3.10. The lowest BCUT2D eigenvalue weighted by Gasteiger charge is -2.33. The molecule has 1 spiro atoms. The van der Waals surface area contributed by atoms with Gasteiger partial charge in [0.25, 0.3) is 5.91 Å². The number of benzene rings is 1. The van der Waals surface area contributed by atoms with Crippen LogP contribution in [0.2, 0.25) is 0 Å². The second kappa shape index (κ2) is 7.14. The number of carbonyl (C=O) groups excluding carboxylic acids is 4. The SMILES string of the molecule is O=C(CN1C(=O)N[C@@]2(CCOc3ccccc32)C1=O)NC(=O)NC1CCCC1. The summed E-state index contributed by atoms with van der Waals surface area (Å²) in [6.07, 6.45) is 4.15. The summed E-state index contributed by atoms with van der Waals surface area (Å²) in [5.41, 5.74) is -0.667. The van der Waals surface area contributed by atoms with Crippen LogP contribution in [0.3, 0.4) is 0 Å². The number of urea groups is 2. The van der Waals surface area contributed by atoms with Crippen molar-refractivity contribution < 1.29 is 23.9 Å². The highest BCUT2D eigenvalue weighted by Gasteiger charge is 2.55. The molecule has 1 aliphatic carbocycles. The predicted molar refractivity (Wildman–Crippen MR) is 97.4 cm³/mol. The van der Waals surface area contributed by atoms with Gasteiger partial charge in [-0.05, 0) is 18.9 Å². The number of hydrogen-bond acceptors (Lipinski definition) is 5. The van der Waals surface area contributed by atoms with Crippen molar-refractivity contribution in [3.8, 4) is 5.75 Å². The fourth-order valence-electron chi connectivity index (χ4n) is 4.12. The van der Waals surface area contributed by atoms with Gasteiger partial charge >= 0.3 is 12.1 Å². The summed E-state index contributed by atoms with van der Waals surface area (Å²) in [6.45, 7) is -0.250. The highest BCUT2D eigenvalue weighted by molar-refractivity contribution is 6.10. The summed E-state index contributed by atoms with van der Waals surface area (Å²) in [5.74, 6) is -0.694. The van der Waals surface area contributed by atoms with E-state index in [0.717, 1.165) is 30.6 Å². The van der Waals surface area contributed by atoms with Crippen LogP contribution in [0.4, 0.5) is 9.59 Å². The van der Waals surface area contributed by atoms with Gasteiger partial charge in [0.15, 0.2) is 5.54 Å². The smallest absolute Gasteiger partial charge is 0.325 e. The fraction of sp³-hybridized carbons (Fsp3) is 0.474. The van der Waals surface area contributed by atoms with E-state index in [0.29, 0.717) is 11.3 Å². The first-order valence-electron chi connectivity index (χ1n) is 9.46. The van der Waals surface area contributed by atoms with Crippen LogP contribution in [-0.4, -0.2) is 48.0 Å². The Morgan fingerprint density at radius 2 is 1.96 bits per heavy atom. The first-order chi connectivity index (χ1) is 13.5. The number of imide groups is 2. The number of nitrogens with zero attached hydrogens (tertiary/aromatic N) is 1. The van der Waals surface area contributed by atoms with Gasteiger partial charge < -0.3 is 15.4 Å². The van der Waals surface area contributed by atoms with Gasteiger partial charge in [-0.1, -0.05) is 31.0 Å². The van der Waals surface area contributed by atoms with E-state index >= 15 is 0 Å². The average molecular weight is 386 g/mol. The van der Waals surface area contributed by atoms with Crippen LogP contribution < -0.4 is 20.7 Å². The van der Waals surface area contributed by atoms with Crippen molar-refractivity contribution in [1.29, 1.82) is 0 Å². The van der Waals surface area contributed by atoms with Crippen molar-refractivity contribution in [1.82, 2.24) is 20.9 Å². The zero-order valence-electron chi connectivity index (χ0n) is 15.3. The minimum atomic E-state index is -1.24. The molecular weight excluding hydrogens is 364 g/mol. The van der Waals surface area contributed by atoms with Crippen molar-refractivity contribution in [3.05, 3.63) is 29.8 Å². The molecule has 6 amide bonds. The Bertz CT molecular complexity index is 835. The molecule has 9 nitrogen and oxygen atoms in total. The molecule has 148 valence electrons. The van der Waals surface area contributed by atoms with E-state index < -0.39 is 36.0 Å². The molecule has 2 heterocycles. The summed E-state index contributed by atoms with van der Waals surface area (Å²) < 4.78 is 5.57. The van der Waals surface area contributed by atoms with Crippen molar-refractivity contribution in [3.63, 3.8) is 0 Å². The van der Waals surface area contributed by atoms with E-state index in [9.17, 15) is 19.2 Å². The zero-order valence-corrected chi connectivity index (χ0v) is 15.3. The zero-order chi connectivity index (χ0) is 19.7. The molecule has 4 rings (SSSR count). The Balaban J connectivity index is 1.43. The van der Waals surface area contributed by atoms with Crippen LogP contribution in [0.5, 0.6) is 5.75 Å². The summed E-state index contributed by atoms with van der Waals surface area (Å²) >= 11 is 0. The highest BCUT2D eigenvalue weighted by Crippen LogP contribution is 2.40. The number of amides is 6. The van der Waals surface area contributed by atoms with Crippen molar-refractivity contribution in [2.24, 2.45) is 0 Å². The van der Waals surface area contributed by atoms with Crippen molar-refractivity contribution in [2.75, 3.05) is 13.2 Å². The normalized spacial score (nSPS) is 23.9. The van der Waals surface area contributed by atoms with Crippen LogP contribution in [0, 0.1) is 0 Å². The number of hydrogen-bond donors (Lipinski definition) is 3. The molecule has 1 aromatic carbocycles. The molecule has 1 atom stereocenters. The van der Waals surface area contributed by atoms with E-state index in [-0.39, 0.29) is 19.1 Å². The Morgan fingerprint density at radius 1 is 1.21 bits per heavy atom. The number of ether oxygens (including phenoxy) is 1. The second-order valence-electron chi connectivity index (χ2n) is 7.32. The third-order valence-corrected chi connectivity index (χ3v) is 5.50. The summed E-state index contributed by atoms with van der Waals surface area (Å²) in [5, 5.41) is 7.65. The topological polar surface area (TPSA) is 117 Å². The van der Waals surface area contributed by atoms with Gasteiger partial charge in [0.1, 0.15) is 12.3 Å². The van der Waals surface area contributed by atoms with Gasteiger partial charge in [-0.15, -0.1) is 0 Å². The van der Waals surface area contributed by atoms with Gasteiger partial charge in [0.2, 0.25) is 5.91 Å². The van der Waals surface area contributed by atoms with Crippen LogP contribution in [0.25, 0.3) is 0 Å². The number of nitrogens with one attached hydrogen (secondary N) is 3. The maximum Gasteiger partial charge on any atom is 0.325 e. The third kappa shape index (κ3) is 3.17. The van der Waals surface area contributed by atoms with Crippen LogP contribution in [0.15, 0.2) is 24.3 Å². The molecule has 3 N–H and O–H groups in total. The number of rotatable bonds is 3. The van der Waals surface area contributed by atoms with Gasteiger partial charge in [0, 0.05) is 18.0 Å². The molecule has 2 aliphatic heterocycles. The van der Waals surface area contributed by atoms with E-state index in [1.807, 2.05) is 0 Å². The molecule has 9 heteroatoms. The first kappa shape index (κ1) is 18.3. The number of carbonyl (C=O) groups is 4. The molecular formula is C19H22N4O5. The van der Waals surface area contributed by atoms with Crippen LogP contribution in [0.1, 0.15) is 37.7 Å². The van der Waals surface area contributed by atoms with Gasteiger partial charge in [-0.2, -0.15) is 0 Å². The molecule has 2 fully saturated rings. The molecule has 0 bridgehead atoms. The lowest BCUT2D eigenvalue weighted by molar-refractivity contribution is -0.135. The predicted octanol–water partition coefficient (Wildman–Crippen LogP) is 0.985. The van der Waals surface area contributed by atoms with E-state index in [1.165, 1.54) is 0 Å². The standard InChI is InChI=1S/C19H22N4O5/c24-15(21-17(26)20-12-5-1-2-6-12)11-23-16(25)19(22-18(23)27)9-10-28-14-8-4-3-7-13(14)19/h3-4,7-8,12H,1-2,5-6,9-11H2,(H,22,27)(H2,20,21,24,26)/t19-/m1/s1. The second-order valence-corrected chi connectivity index (χ2v) is 7.32. The van der Waals surface area contributed by atoms with Gasteiger partial charge in [-0.25, -0.2) is 9.59 Å². The fourth-order valence-corrected chi connectivity index (χ4v) is 4.12. The highest BCUT2D eigenvalue weighted by atomic mass is 16.5. The number of fused-ring (bicyclic) bond motifs is 2. The average Bonchev–Trinajstić information content (AvgIpc) is 3.25. The van der Waals surface area contributed by atoms with E-state index in [4.69, 9.17) is 4.74 Å². The Morgan fingerprint density at radius 3 is 2.75 bits per heavy atom. The molecule has 0 unspecified atom stereocenters. The first-order valence-corrected chi connectivity index (χ1v) is 9.46. The van der Waals surface area contributed by atoms with Crippen LogP contribution in [-0.2, 0) is 15.1 Å². The Labute approximate surface area is 161 Å². The van der Waals surface area contributed by atoms with Gasteiger partial charge in [-0.3, -0.25) is 19.8 Å². The summed E-state index contributed by atoms with van der Waals surface area (Å²) in [4.78, 5) is 50.5. The molecule has 1 saturated carbocycles.